The van der Waals surface area contributed by atoms with E-state index in [0.717, 1.165) is 21.6 Å². The first-order chi connectivity index (χ1) is 14.9. The van der Waals surface area contributed by atoms with Crippen molar-refractivity contribution in [3.8, 4) is 0 Å². The summed E-state index contributed by atoms with van der Waals surface area (Å²) < 4.78 is 2.99. The molecule has 0 aliphatic heterocycles. The van der Waals surface area contributed by atoms with E-state index in [1.54, 1.807) is 24.3 Å². The molecule has 31 heavy (non-hydrogen) atoms. The maximum Gasteiger partial charge on any atom is 0.357 e. The number of Topliss-reactive ketones (excluding diaryl/α,β-unsaturated/α-hetero) is 1. The molecule has 0 spiro atoms. The van der Waals surface area contributed by atoms with Crippen LogP contribution in [-0.2, 0) is 13.1 Å². The van der Waals surface area contributed by atoms with E-state index in [-0.39, 0.29) is 28.8 Å². The number of fused-ring (bicyclic) bond motifs is 1. The molecule has 4 aromatic rings. The van der Waals surface area contributed by atoms with Crippen molar-refractivity contribution in [2.24, 2.45) is 0 Å². The number of aromatic nitrogens is 3. The van der Waals surface area contributed by atoms with Gasteiger partial charge in [-0.2, -0.15) is 5.10 Å². The van der Waals surface area contributed by atoms with E-state index in [9.17, 15) is 19.5 Å². The first-order valence-corrected chi connectivity index (χ1v) is 9.84. The van der Waals surface area contributed by atoms with Gasteiger partial charge in [-0.3, -0.25) is 9.59 Å². The van der Waals surface area contributed by atoms with Gasteiger partial charge in [0.05, 0.1) is 5.39 Å². The normalized spacial score (nSPS) is 11.0. The van der Waals surface area contributed by atoms with Crippen molar-refractivity contribution in [2.75, 3.05) is 0 Å². The van der Waals surface area contributed by atoms with Crippen LogP contribution in [-0.4, -0.2) is 31.2 Å². The number of carboxylic acid groups (broad SMARTS) is 1. The second-order valence-electron chi connectivity index (χ2n) is 7.44. The zero-order valence-electron chi connectivity index (χ0n) is 17.2. The minimum atomic E-state index is -1.25. The summed E-state index contributed by atoms with van der Waals surface area (Å²) in [5.74, 6) is -1.55. The lowest BCUT2D eigenvalue weighted by Crippen LogP contribution is -2.29. The fourth-order valence-corrected chi connectivity index (χ4v) is 3.81. The monoisotopic (exact) mass is 415 g/mol. The molecule has 0 bridgehead atoms. The predicted octanol–water partition coefficient (Wildman–Crippen LogP) is 3.44. The highest BCUT2D eigenvalue weighted by atomic mass is 16.4. The van der Waals surface area contributed by atoms with Crippen molar-refractivity contribution in [3.63, 3.8) is 0 Å². The second-order valence-corrected chi connectivity index (χ2v) is 7.44. The number of nitrogens with zero attached hydrogens (tertiary/aromatic N) is 3. The molecular weight excluding hydrogens is 394 g/mol. The Bertz CT molecular complexity index is 1370. The van der Waals surface area contributed by atoms with Gasteiger partial charge in [-0.25, -0.2) is 9.48 Å². The summed E-state index contributed by atoms with van der Waals surface area (Å²) in [7, 11) is 0. The van der Waals surface area contributed by atoms with Crippen LogP contribution in [0.5, 0.6) is 0 Å². The molecule has 2 heterocycles. The highest BCUT2D eigenvalue weighted by Crippen LogP contribution is 2.19. The zero-order valence-corrected chi connectivity index (χ0v) is 17.2. The standard InChI is InChI=1S/C24H21N3O4/c1-15-12-20(16(2)26(15)13-17-8-4-3-5-9-17)21(28)14-27-23(29)19-11-7-6-10-18(19)22(25-27)24(30)31/h3-12H,13-14H2,1-2H3,(H,30,31). The van der Waals surface area contributed by atoms with E-state index >= 15 is 0 Å². The molecule has 0 unspecified atom stereocenters. The fraction of sp³-hybridized carbons (Fsp3) is 0.167. The van der Waals surface area contributed by atoms with Crippen molar-refractivity contribution in [3.05, 3.63) is 99.2 Å². The lowest BCUT2D eigenvalue weighted by atomic mass is 10.1. The SMILES string of the molecule is Cc1cc(C(=O)Cn2nc(C(=O)O)c3ccccc3c2=O)c(C)n1Cc1ccccc1. The topological polar surface area (TPSA) is 94.2 Å². The fourth-order valence-electron chi connectivity index (χ4n) is 3.81. The van der Waals surface area contributed by atoms with E-state index in [1.807, 2.05) is 48.7 Å². The van der Waals surface area contributed by atoms with Crippen LogP contribution in [0, 0.1) is 13.8 Å². The van der Waals surface area contributed by atoms with Gasteiger partial charge >= 0.3 is 5.97 Å². The lowest BCUT2D eigenvalue weighted by molar-refractivity contribution is 0.0688. The molecule has 0 atom stereocenters. The Labute approximate surface area is 178 Å². The molecule has 2 aromatic heterocycles. The lowest BCUT2D eigenvalue weighted by Gasteiger charge is -2.11. The molecule has 0 radical (unpaired) electrons. The molecule has 0 aliphatic carbocycles. The van der Waals surface area contributed by atoms with Gasteiger partial charge in [0, 0.05) is 28.9 Å². The van der Waals surface area contributed by atoms with E-state index in [4.69, 9.17) is 0 Å². The number of carboxylic acids is 1. The second kappa shape index (κ2) is 8.02. The third-order valence-electron chi connectivity index (χ3n) is 5.42. The van der Waals surface area contributed by atoms with Crippen LogP contribution in [0.25, 0.3) is 10.8 Å². The third kappa shape index (κ3) is 3.77. The Kier molecular flexibility index (Phi) is 5.25. The Hall–Kier alpha value is -4.00. The van der Waals surface area contributed by atoms with Crippen molar-refractivity contribution in [2.45, 2.75) is 26.9 Å². The Balaban J connectivity index is 1.70. The molecule has 0 saturated heterocycles. The van der Waals surface area contributed by atoms with Gasteiger partial charge in [-0.15, -0.1) is 0 Å². The summed E-state index contributed by atoms with van der Waals surface area (Å²) in [5.41, 5.74) is 2.58. The van der Waals surface area contributed by atoms with Crippen LogP contribution >= 0.6 is 0 Å². The maximum absolute atomic E-state index is 13.1. The number of hydrogen-bond donors (Lipinski definition) is 1. The van der Waals surface area contributed by atoms with E-state index in [0.29, 0.717) is 12.1 Å². The number of aromatic carboxylic acids is 1. The highest BCUT2D eigenvalue weighted by Gasteiger charge is 2.20. The Morgan fingerprint density at radius 3 is 2.29 bits per heavy atom. The largest absolute Gasteiger partial charge is 0.476 e. The van der Waals surface area contributed by atoms with Crippen molar-refractivity contribution in [1.82, 2.24) is 14.3 Å². The summed E-state index contributed by atoms with van der Waals surface area (Å²) >= 11 is 0. The quantitative estimate of drug-likeness (QED) is 0.487. The number of aryl methyl sites for hydroxylation is 1. The number of ketones is 1. The first-order valence-electron chi connectivity index (χ1n) is 9.84. The average Bonchev–Trinajstić information content (AvgIpc) is 3.04. The van der Waals surface area contributed by atoms with Crippen LogP contribution in [0.15, 0.2) is 65.5 Å². The smallest absolute Gasteiger partial charge is 0.357 e. The molecule has 156 valence electrons. The number of benzene rings is 2. The minimum Gasteiger partial charge on any atom is -0.476 e. The molecular formula is C24H21N3O4. The summed E-state index contributed by atoms with van der Waals surface area (Å²) in [6.45, 7) is 4.08. The zero-order chi connectivity index (χ0) is 22.1. The summed E-state index contributed by atoms with van der Waals surface area (Å²) in [6.07, 6.45) is 0. The maximum atomic E-state index is 13.1. The molecule has 7 heteroatoms. The molecule has 0 amide bonds. The highest BCUT2D eigenvalue weighted by molar-refractivity contribution is 6.01. The van der Waals surface area contributed by atoms with Gasteiger partial charge in [0.15, 0.2) is 11.5 Å². The van der Waals surface area contributed by atoms with Crippen LogP contribution in [0.2, 0.25) is 0 Å². The molecule has 2 aromatic carbocycles. The van der Waals surface area contributed by atoms with Gasteiger partial charge in [0.25, 0.3) is 5.56 Å². The minimum absolute atomic E-state index is 0.220. The van der Waals surface area contributed by atoms with Crippen LogP contribution in [0.3, 0.4) is 0 Å². The predicted molar refractivity (Wildman–Crippen MR) is 117 cm³/mol. The van der Waals surface area contributed by atoms with Crippen molar-refractivity contribution in [1.29, 1.82) is 0 Å². The molecule has 7 nitrogen and oxygen atoms in total. The van der Waals surface area contributed by atoms with Gasteiger partial charge in [-0.1, -0.05) is 48.5 Å². The van der Waals surface area contributed by atoms with Crippen LogP contribution in [0.4, 0.5) is 0 Å². The van der Waals surface area contributed by atoms with Gasteiger partial charge in [0.1, 0.15) is 6.54 Å². The molecule has 0 aliphatic rings. The van der Waals surface area contributed by atoms with Gasteiger partial charge in [-0.05, 0) is 31.5 Å². The van der Waals surface area contributed by atoms with Crippen LogP contribution in [0.1, 0.15) is 37.8 Å². The summed E-state index contributed by atoms with van der Waals surface area (Å²) in [6, 6.07) is 18.1. The number of carbonyl (C=O) groups excluding carboxylic acids is 1. The molecule has 4 rings (SSSR count). The number of rotatable bonds is 6. The van der Waals surface area contributed by atoms with Gasteiger partial charge < -0.3 is 9.67 Å². The van der Waals surface area contributed by atoms with E-state index in [2.05, 4.69) is 5.10 Å². The van der Waals surface area contributed by atoms with Crippen molar-refractivity contribution < 1.29 is 14.7 Å². The van der Waals surface area contributed by atoms with E-state index < -0.39 is 11.5 Å². The average molecular weight is 415 g/mol. The molecule has 1 N–H and O–H groups in total. The Morgan fingerprint density at radius 1 is 0.968 bits per heavy atom. The van der Waals surface area contributed by atoms with Crippen molar-refractivity contribution >= 4 is 22.5 Å². The Morgan fingerprint density at radius 2 is 1.61 bits per heavy atom. The number of hydrogen-bond acceptors (Lipinski definition) is 4. The third-order valence-corrected chi connectivity index (χ3v) is 5.42. The van der Waals surface area contributed by atoms with E-state index in [1.165, 1.54) is 6.07 Å². The first kappa shape index (κ1) is 20.3. The number of carbonyl (C=O) groups is 2. The van der Waals surface area contributed by atoms with Crippen LogP contribution < -0.4 is 5.56 Å². The summed E-state index contributed by atoms with van der Waals surface area (Å²) in [5, 5.41) is 14.0. The van der Waals surface area contributed by atoms with Gasteiger partial charge in [0.2, 0.25) is 0 Å². The molecule has 0 saturated carbocycles. The molecule has 0 fully saturated rings. The summed E-state index contributed by atoms with van der Waals surface area (Å²) in [4.78, 5) is 37.5.